The second-order valence-corrected chi connectivity index (χ2v) is 4.91. The summed E-state index contributed by atoms with van der Waals surface area (Å²) in [6.07, 6.45) is 0. The molecule has 0 spiro atoms. The summed E-state index contributed by atoms with van der Waals surface area (Å²) in [5.41, 5.74) is 1.04. The van der Waals surface area contributed by atoms with Crippen molar-refractivity contribution in [2.75, 3.05) is 5.32 Å². The highest BCUT2D eigenvalue weighted by molar-refractivity contribution is 9.10. The molecular formula is C14H11BrF3NO. The van der Waals surface area contributed by atoms with Gasteiger partial charge in [-0.1, -0.05) is 22.0 Å². The lowest BCUT2D eigenvalue weighted by Gasteiger charge is -2.10. The zero-order valence-electron chi connectivity index (χ0n) is 10.2. The van der Waals surface area contributed by atoms with Crippen LogP contribution in [0.2, 0.25) is 0 Å². The van der Waals surface area contributed by atoms with E-state index in [2.05, 4.69) is 26.0 Å². The van der Waals surface area contributed by atoms with E-state index >= 15 is 0 Å². The highest BCUT2D eigenvalue weighted by Gasteiger charge is 2.06. The molecule has 0 aromatic heterocycles. The lowest BCUT2D eigenvalue weighted by atomic mass is 10.2. The Labute approximate surface area is 122 Å². The maximum atomic E-state index is 13.5. The molecule has 2 rings (SSSR count). The third kappa shape index (κ3) is 4.16. The maximum absolute atomic E-state index is 13.5. The van der Waals surface area contributed by atoms with Gasteiger partial charge in [0.1, 0.15) is 11.6 Å². The Morgan fingerprint density at radius 2 is 1.95 bits per heavy atom. The van der Waals surface area contributed by atoms with Gasteiger partial charge >= 0.3 is 6.61 Å². The summed E-state index contributed by atoms with van der Waals surface area (Å²) in [6.45, 7) is -2.63. The first-order valence-electron chi connectivity index (χ1n) is 5.77. The van der Waals surface area contributed by atoms with Crippen molar-refractivity contribution in [1.82, 2.24) is 0 Å². The fourth-order valence-corrected chi connectivity index (χ4v) is 2.07. The molecule has 20 heavy (non-hydrogen) atoms. The molecule has 0 atom stereocenters. The number of benzene rings is 2. The second-order valence-electron chi connectivity index (χ2n) is 4.00. The van der Waals surface area contributed by atoms with Crippen LogP contribution in [0.15, 0.2) is 46.9 Å². The van der Waals surface area contributed by atoms with E-state index in [1.165, 1.54) is 18.2 Å². The number of anilines is 1. The lowest BCUT2D eigenvalue weighted by molar-refractivity contribution is -0.0498. The fraction of sp³-hybridized carbons (Fsp3) is 0.143. The molecule has 2 nitrogen and oxygen atoms in total. The summed E-state index contributed by atoms with van der Waals surface area (Å²) in [7, 11) is 0. The molecule has 0 fully saturated rings. The van der Waals surface area contributed by atoms with E-state index in [9.17, 15) is 13.2 Å². The molecule has 0 aliphatic carbocycles. The van der Waals surface area contributed by atoms with Crippen molar-refractivity contribution in [2.45, 2.75) is 13.2 Å². The summed E-state index contributed by atoms with van der Waals surface area (Å²) < 4.78 is 42.8. The average Bonchev–Trinajstić information content (AvgIpc) is 2.39. The molecule has 0 aliphatic rings. The number of hydrogen-bond donors (Lipinski definition) is 1. The lowest BCUT2D eigenvalue weighted by Crippen LogP contribution is -2.04. The van der Waals surface area contributed by atoms with Crippen LogP contribution in [0, 0.1) is 5.82 Å². The van der Waals surface area contributed by atoms with Gasteiger partial charge in [0.15, 0.2) is 0 Å². The second kappa shape index (κ2) is 6.65. The molecule has 0 aliphatic heterocycles. The van der Waals surface area contributed by atoms with Gasteiger partial charge in [0.25, 0.3) is 0 Å². The zero-order chi connectivity index (χ0) is 14.5. The summed E-state index contributed by atoms with van der Waals surface area (Å²) in [6, 6.07) is 10.7. The predicted molar refractivity (Wildman–Crippen MR) is 74.5 cm³/mol. The summed E-state index contributed by atoms with van der Waals surface area (Å²) in [5, 5.41) is 2.96. The van der Waals surface area contributed by atoms with E-state index in [0.29, 0.717) is 11.3 Å². The Morgan fingerprint density at radius 3 is 2.70 bits per heavy atom. The monoisotopic (exact) mass is 345 g/mol. The quantitative estimate of drug-likeness (QED) is 0.840. The highest BCUT2D eigenvalue weighted by atomic mass is 79.9. The van der Waals surface area contributed by atoms with Gasteiger partial charge in [0.2, 0.25) is 0 Å². The Morgan fingerprint density at radius 1 is 1.15 bits per heavy atom. The fourth-order valence-electron chi connectivity index (χ4n) is 1.66. The standard InChI is InChI=1S/C14H11BrF3NO/c15-10-4-5-13(16)9(6-10)8-19-11-2-1-3-12(7-11)20-14(17)18/h1-7,14,19H,8H2. The first-order valence-corrected chi connectivity index (χ1v) is 6.56. The number of ether oxygens (including phenoxy) is 1. The molecule has 0 amide bonds. The van der Waals surface area contributed by atoms with Gasteiger partial charge in [-0.05, 0) is 30.3 Å². The number of rotatable bonds is 5. The van der Waals surface area contributed by atoms with Gasteiger partial charge in [-0.15, -0.1) is 0 Å². The first-order chi connectivity index (χ1) is 9.54. The van der Waals surface area contributed by atoms with Gasteiger partial charge in [0.05, 0.1) is 0 Å². The molecule has 0 unspecified atom stereocenters. The Kier molecular flexibility index (Phi) is 4.89. The summed E-state index contributed by atoms with van der Waals surface area (Å²) >= 11 is 3.26. The van der Waals surface area contributed by atoms with Crippen molar-refractivity contribution in [3.8, 4) is 5.75 Å². The van der Waals surface area contributed by atoms with Crippen LogP contribution in [0.4, 0.5) is 18.9 Å². The molecule has 0 saturated heterocycles. The number of halogens is 4. The predicted octanol–water partition coefficient (Wildman–Crippen LogP) is 4.80. The van der Waals surface area contributed by atoms with Gasteiger partial charge in [-0.2, -0.15) is 8.78 Å². The number of nitrogens with one attached hydrogen (secondary N) is 1. The average molecular weight is 346 g/mol. The van der Waals surface area contributed by atoms with E-state index in [4.69, 9.17) is 0 Å². The largest absolute Gasteiger partial charge is 0.435 e. The molecule has 6 heteroatoms. The Hall–Kier alpha value is -1.69. The Balaban J connectivity index is 2.05. The molecule has 106 valence electrons. The molecule has 1 N–H and O–H groups in total. The van der Waals surface area contributed by atoms with Crippen LogP contribution in [-0.2, 0) is 6.54 Å². The normalized spacial score (nSPS) is 10.7. The minimum Gasteiger partial charge on any atom is -0.435 e. The maximum Gasteiger partial charge on any atom is 0.387 e. The van der Waals surface area contributed by atoms with Crippen LogP contribution in [0.3, 0.4) is 0 Å². The van der Waals surface area contributed by atoms with E-state index in [1.54, 1.807) is 24.3 Å². The molecule has 0 heterocycles. The van der Waals surface area contributed by atoms with Crippen LogP contribution in [0.5, 0.6) is 5.75 Å². The third-order valence-electron chi connectivity index (χ3n) is 2.55. The third-order valence-corrected chi connectivity index (χ3v) is 3.04. The highest BCUT2D eigenvalue weighted by Crippen LogP contribution is 2.21. The minimum absolute atomic E-state index is 0.0553. The van der Waals surface area contributed by atoms with Crippen LogP contribution in [0.1, 0.15) is 5.56 Å². The van der Waals surface area contributed by atoms with Gasteiger partial charge in [0, 0.05) is 28.3 Å². The number of alkyl halides is 2. The molecule has 0 saturated carbocycles. The van der Waals surface area contributed by atoms with E-state index < -0.39 is 6.61 Å². The molecule has 0 radical (unpaired) electrons. The summed E-state index contributed by atoms with van der Waals surface area (Å²) in [5.74, 6) is -0.277. The van der Waals surface area contributed by atoms with E-state index in [1.807, 2.05) is 0 Å². The topological polar surface area (TPSA) is 21.3 Å². The van der Waals surface area contributed by atoms with Crippen molar-refractivity contribution >= 4 is 21.6 Å². The van der Waals surface area contributed by atoms with Crippen molar-refractivity contribution < 1.29 is 17.9 Å². The van der Waals surface area contributed by atoms with Crippen LogP contribution in [-0.4, -0.2) is 6.61 Å². The SMILES string of the molecule is Fc1ccc(Br)cc1CNc1cccc(OC(F)F)c1. The van der Waals surface area contributed by atoms with E-state index in [-0.39, 0.29) is 18.1 Å². The van der Waals surface area contributed by atoms with Crippen molar-refractivity contribution in [3.05, 3.63) is 58.3 Å². The van der Waals surface area contributed by atoms with Crippen molar-refractivity contribution in [2.24, 2.45) is 0 Å². The summed E-state index contributed by atoms with van der Waals surface area (Å²) in [4.78, 5) is 0. The first kappa shape index (κ1) is 14.7. The zero-order valence-corrected chi connectivity index (χ0v) is 11.8. The molecular weight excluding hydrogens is 335 g/mol. The van der Waals surface area contributed by atoms with Crippen LogP contribution >= 0.6 is 15.9 Å². The van der Waals surface area contributed by atoms with Gasteiger partial charge in [-0.25, -0.2) is 4.39 Å². The number of hydrogen-bond acceptors (Lipinski definition) is 2. The molecule has 2 aromatic carbocycles. The smallest absolute Gasteiger partial charge is 0.387 e. The minimum atomic E-state index is -2.87. The molecule has 0 bridgehead atoms. The van der Waals surface area contributed by atoms with Crippen LogP contribution < -0.4 is 10.1 Å². The van der Waals surface area contributed by atoms with Crippen molar-refractivity contribution in [3.63, 3.8) is 0 Å². The Bertz CT molecular complexity index is 592. The van der Waals surface area contributed by atoms with E-state index in [0.717, 1.165) is 4.47 Å². The van der Waals surface area contributed by atoms with Gasteiger partial charge < -0.3 is 10.1 Å². The van der Waals surface area contributed by atoms with Gasteiger partial charge in [-0.3, -0.25) is 0 Å². The molecule has 2 aromatic rings. The van der Waals surface area contributed by atoms with Crippen LogP contribution in [0.25, 0.3) is 0 Å². The van der Waals surface area contributed by atoms with Crippen molar-refractivity contribution in [1.29, 1.82) is 0 Å².